The van der Waals surface area contributed by atoms with E-state index < -0.39 is 5.97 Å². The van der Waals surface area contributed by atoms with Crippen LogP contribution in [0.5, 0.6) is 0 Å². The van der Waals surface area contributed by atoms with Crippen molar-refractivity contribution in [3.05, 3.63) is 60.2 Å². The number of carboxylic acids is 1. The summed E-state index contributed by atoms with van der Waals surface area (Å²) in [5.41, 5.74) is 0.261. The van der Waals surface area contributed by atoms with Crippen molar-refractivity contribution in [3.8, 4) is 0 Å². The van der Waals surface area contributed by atoms with E-state index in [1.165, 1.54) is 0 Å². The summed E-state index contributed by atoms with van der Waals surface area (Å²) in [5.74, 6) is -1.13. The van der Waals surface area contributed by atoms with Gasteiger partial charge in [-0.15, -0.1) is 0 Å². The first-order chi connectivity index (χ1) is 9.25. The minimum absolute atomic E-state index is 0.261. The molecule has 0 aliphatic rings. The lowest BCUT2D eigenvalue weighted by Gasteiger charge is -2.14. The van der Waals surface area contributed by atoms with Gasteiger partial charge in [-0.25, -0.2) is 0 Å². The summed E-state index contributed by atoms with van der Waals surface area (Å²) in [6.07, 6.45) is 0. The van der Waals surface area contributed by atoms with Crippen LogP contribution in [0, 0.1) is 0 Å². The molecule has 0 unspecified atom stereocenters. The van der Waals surface area contributed by atoms with Gasteiger partial charge in [0.1, 0.15) is 0 Å². The molecule has 0 saturated carbocycles. The number of aromatic carboxylic acids is 1. The van der Waals surface area contributed by atoms with Crippen LogP contribution in [-0.4, -0.2) is 5.97 Å². The van der Waals surface area contributed by atoms with Crippen molar-refractivity contribution in [2.75, 3.05) is 0 Å². The molecule has 0 saturated heterocycles. The molecule has 0 bridgehead atoms. The molecular formula is C17H9O2-. The van der Waals surface area contributed by atoms with Gasteiger partial charge in [-0.3, -0.25) is 0 Å². The van der Waals surface area contributed by atoms with Crippen molar-refractivity contribution in [1.29, 1.82) is 0 Å². The Balaban J connectivity index is 2.42. The van der Waals surface area contributed by atoms with E-state index >= 15 is 0 Å². The Hall–Kier alpha value is -2.61. The van der Waals surface area contributed by atoms with Crippen molar-refractivity contribution >= 4 is 38.3 Å². The molecule has 90 valence electrons. The van der Waals surface area contributed by atoms with E-state index in [4.69, 9.17) is 0 Å². The fourth-order valence-electron chi connectivity index (χ4n) is 2.93. The fraction of sp³-hybridized carbons (Fsp3) is 0. The summed E-state index contributed by atoms with van der Waals surface area (Å²) in [5, 5.41) is 17.4. The number of hydrogen-bond donors (Lipinski definition) is 0. The number of carboxylic acid groups (broad SMARTS) is 1. The van der Waals surface area contributed by atoms with Crippen molar-refractivity contribution in [3.63, 3.8) is 0 Å². The Kier molecular flexibility index (Phi) is 1.88. The molecule has 0 aliphatic heterocycles. The standard InChI is InChI=1S/C17H10O2/c18-17(19)14-9-12-5-1-3-10-7-8-11-4-2-6-13(14)16(11)15(10)12/h1-9H,(H,18,19)/p-1. The monoisotopic (exact) mass is 245 g/mol. The van der Waals surface area contributed by atoms with Gasteiger partial charge in [0, 0.05) is 5.56 Å². The highest BCUT2D eigenvalue weighted by atomic mass is 16.4. The minimum atomic E-state index is -1.13. The Morgan fingerprint density at radius 2 is 1.42 bits per heavy atom. The Morgan fingerprint density at radius 3 is 2.16 bits per heavy atom. The largest absolute Gasteiger partial charge is 0.545 e. The molecule has 4 rings (SSSR count). The van der Waals surface area contributed by atoms with E-state index in [1.807, 2.05) is 42.5 Å². The minimum Gasteiger partial charge on any atom is -0.545 e. The molecule has 0 atom stereocenters. The first kappa shape index (κ1) is 10.3. The third-order valence-corrected chi connectivity index (χ3v) is 3.73. The number of carbonyl (C=O) groups excluding carboxylic acids is 1. The molecule has 0 heterocycles. The zero-order valence-electron chi connectivity index (χ0n) is 10.0. The van der Waals surface area contributed by atoms with E-state index in [9.17, 15) is 9.90 Å². The molecule has 0 aromatic heterocycles. The molecular weight excluding hydrogens is 236 g/mol. The summed E-state index contributed by atoms with van der Waals surface area (Å²) in [6.45, 7) is 0. The third kappa shape index (κ3) is 1.28. The first-order valence-corrected chi connectivity index (χ1v) is 6.13. The van der Waals surface area contributed by atoms with Crippen molar-refractivity contribution in [2.45, 2.75) is 0 Å². The van der Waals surface area contributed by atoms with E-state index in [0.29, 0.717) is 0 Å². The normalized spacial score (nSPS) is 11.6. The summed E-state index contributed by atoms with van der Waals surface area (Å²) in [6, 6.07) is 17.5. The second kappa shape index (κ2) is 3.45. The van der Waals surface area contributed by atoms with Crippen LogP contribution in [-0.2, 0) is 0 Å². The zero-order chi connectivity index (χ0) is 13.0. The topological polar surface area (TPSA) is 40.1 Å². The smallest absolute Gasteiger partial charge is 0.0721 e. The van der Waals surface area contributed by atoms with Crippen LogP contribution in [0.3, 0.4) is 0 Å². The number of benzene rings is 4. The summed E-state index contributed by atoms with van der Waals surface area (Å²) < 4.78 is 0. The average molecular weight is 245 g/mol. The van der Waals surface area contributed by atoms with Gasteiger partial charge < -0.3 is 9.90 Å². The molecule has 0 spiro atoms. The first-order valence-electron chi connectivity index (χ1n) is 6.13. The summed E-state index contributed by atoms with van der Waals surface area (Å²) in [7, 11) is 0. The highest BCUT2D eigenvalue weighted by Gasteiger charge is 2.11. The fourth-order valence-corrected chi connectivity index (χ4v) is 2.93. The number of rotatable bonds is 1. The zero-order valence-corrected chi connectivity index (χ0v) is 10.0. The second-order valence-electron chi connectivity index (χ2n) is 4.76. The van der Waals surface area contributed by atoms with Gasteiger partial charge >= 0.3 is 0 Å². The molecule has 4 aromatic carbocycles. The average Bonchev–Trinajstić information content (AvgIpc) is 2.44. The molecule has 2 heteroatoms. The predicted molar refractivity (Wildman–Crippen MR) is 74.5 cm³/mol. The maximum Gasteiger partial charge on any atom is 0.0721 e. The maximum absolute atomic E-state index is 11.3. The quantitative estimate of drug-likeness (QED) is 0.484. The van der Waals surface area contributed by atoms with Crippen LogP contribution < -0.4 is 5.11 Å². The van der Waals surface area contributed by atoms with Gasteiger partial charge in [0.25, 0.3) is 0 Å². The Labute approximate surface area is 109 Å². The van der Waals surface area contributed by atoms with Crippen molar-refractivity contribution < 1.29 is 9.90 Å². The van der Waals surface area contributed by atoms with E-state index in [-0.39, 0.29) is 5.56 Å². The van der Waals surface area contributed by atoms with Gasteiger partial charge in [-0.2, -0.15) is 0 Å². The molecule has 2 nitrogen and oxygen atoms in total. The van der Waals surface area contributed by atoms with Gasteiger partial charge in [-0.1, -0.05) is 48.5 Å². The molecule has 0 amide bonds. The predicted octanol–water partition coefficient (Wildman–Crippen LogP) is 2.95. The van der Waals surface area contributed by atoms with Crippen LogP contribution >= 0.6 is 0 Å². The van der Waals surface area contributed by atoms with E-state index in [1.54, 1.807) is 6.07 Å². The summed E-state index contributed by atoms with van der Waals surface area (Å²) in [4.78, 5) is 11.3. The highest BCUT2D eigenvalue weighted by molar-refractivity contribution is 6.26. The number of hydrogen-bond acceptors (Lipinski definition) is 2. The highest BCUT2D eigenvalue weighted by Crippen LogP contribution is 2.36. The van der Waals surface area contributed by atoms with Crippen molar-refractivity contribution in [1.82, 2.24) is 0 Å². The second-order valence-corrected chi connectivity index (χ2v) is 4.76. The molecule has 0 radical (unpaired) electrons. The maximum atomic E-state index is 11.3. The van der Waals surface area contributed by atoms with E-state index in [0.717, 1.165) is 32.3 Å². The van der Waals surface area contributed by atoms with Crippen LogP contribution in [0.4, 0.5) is 0 Å². The van der Waals surface area contributed by atoms with Gasteiger partial charge in [-0.05, 0) is 38.4 Å². The van der Waals surface area contributed by atoms with Crippen LogP contribution in [0.25, 0.3) is 32.3 Å². The Bertz CT molecular complexity index is 938. The molecule has 0 fully saturated rings. The van der Waals surface area contributed by atoms with E-state index in [2.05, 4.69) is 6.07 Å². The number of carbonyl (C=O) groups is 1. The molecule has 4 aromatic rings. The van der Waals surface area contributed by atoms with Crippen LogP contribution in [0.1, 0.15) is 10.4 Å². The molecule has 0 N–H and O–H groups in total. The SMILES string of the molecule is O=C([O-])c1cc2cccc3ccc4cccc1c4c32. The van der Waals surface area contributed by atoms with Crippen molar-refractivity contribution in [2.24, 2.45) is 0 Å². The van der Waals surface area contributed by atoms with Crippen LogP contribution in [0.2, 0.25) is 0 Å². The lowest BCUT2D eigenvalue weighted by atomic mass is 9.91. The van der Waals surface area contributed by atoms with Gasteiger partial charge in [0.05, 0.1) is 5.97 Å². The molecule has 19 heavy (non-hydrogen) atoms. The lowest BCUT2D eigenvalue weighted by molar-refractivity contribution is -0.254. The van der Waals surface area contributed by atoms with Gasteiger partial charge in [0.2, 0.25) is 0 Å². The third-order valence-electron chi connectivity index (χ3n) is 3.73. The lowest BCUT2D eigenvalue weighted by Crippen LogP contribution is -2.22. The van der Waals surface area contributed by atoms with Crippen LogP contribution in [0.15, 0.2) is 54.6 Å². The Morgan fingerprint density at radius 1 is 0.789 bits per heavy atom. The molecule has 0 aliphatic carbocycles. The summed E-state index contributed by atoms with van der Waals surface area (Å²) >= 11 is 0. The van der Waals surface area contributed by atoms with Gasteiger partial charge in [0.15, 0.2) is 0 Å².